The molecule has 1 aliphatic rings. The summed E-state index contributed by atoms with van der Waals surface area (Å²) in [6, 6.07) is 12.9. The maximum absolute atomic E-state index is 13.7. The molecule has 4 heteroatoms. The second kappa shape index (κ2) is 6.99. The summed E-state index contributed by atoms with van der Waals surface area (Å²) in [5, 5.41) is 3.29. The van der Waals surface area contributed by atoms with Crippen LogP contribution < -0.4 is 10.1 Å². The van der Waals surface area contributed by atoms with Gasteiger partial charge in [-0.1, -0.05) is 30.0 Å². The van der Waals surface area contributed by atoms with Crippen LogP contribution >= 0.6 is 11.8 Å². The highest BCUT2D eigenvalue weighted by Gasteiger charge is 2.14. The molecular formula is C18H18FNOS. The largest absolute Gasteiger partial charge is 0.496 e. The molecule has 0 amide bonds. The zero-order chi connectivity index (χ0) is 15.4. The molecule has 3 rings (SSSR count). The SMILES string of the molecule is COc1ccccc1Sc1ccc(F)cc1C1=CCNCC1. The number of nitrogens with one attached hydrogen (secondary N) is 1. The molecule has 0 aromatic heterocycles. The summed E-state index contributed by atoms with van der Waals surface area (Å²) >= 11 is 1.61. The first-order chi connectivity index (χ1) is 10.8. The average molecular weight is 315 g/mol. The first-order valence-corrected chi connectivity index (χ1v) is 8.10. The Hall–Kier alpha value is -1.78. The maximum Gasteiger partial charge on any atom is 0.132 e. The Balaban J connectivity index is 1.98. The van der Waals surface area contributed by atoms with Gasteiger partial charge in [0, 0.05) is 11.4 Å². The first kappa shape index (κ1) is 15.1. The van der Waals surface area contributed by atoms with E-state index in [4.69, 9.17) is 4.74 Å². The van der Waals surface area contributed by atoms with Crippen LogP contribution in [0, 0.1) is 5.82 Å². The van der Waals surface area contributed by atoms with Crippen LogP contribution in [0.2, 0.25) is 0 Å². The Labute approximate surface area is 134 Å². The average Bonchev–Trinajstić information content (AvgIpc) is 2.58. The van der Waals surface area contributed by atoms with Gasteiger partial charge in [-0.25, -0.2) is 4.39 Å². The maximum atomic E-state index is 13.7. The molecule has 2 nitrogen and oxygen atoms in total. The van der Waals surface area contributed by atoms with E-state index in [0.29, 0.717) is 0 Å². The summed E-state index contributed by atoms with van der Waals surface area (Å²) in [5.74, 6) is 0.640. The minimum absolute atomic E-state index is 0.196. The summed E-state index contributed by atoms with van der Waals surface area (Å²) < 4.78 is 19.1. The molecule has 0 aliphatic carbocycles. The van der Waals surface area contributed by atoms with Gasteiger partial charge in [0.2, 0.25) is 0 Å². The number of rotatable bonds is 4. The highest BCUT2D eigenvalue weighted by molar-refractivity contribution is 7.99. The van der Waals surface area contributed by atoms with Crippen LogP contribution in [0.3, 0.4) is 0 Å². The lowest BCUT2D eigenvalue weighted by molar-refractivity contribution is 0.405. The smallest absolute Gasteiger partial charge is 0.132 e. The van der Waals surface area contributed by atoms with Crippen LogP contribution in [0.1, 0.15) is 12.0 Å². The molecule has 0 unspecified atom stereocenters. The van der Waals surface area contributed by atoms with Gasteiger partial charge in [-0.15, -0.1) is 0 Å². The van der Waals surface area contributed by atoms with Gasteiger partial charge >= 0.3 is 0 Å². The van der Waals surface area contributed by atoms with E-state index >= 15 is 0 Å². The summed E-state index contributed by atoms with van der Waals surface area (Å²) in [6.07, 6.45) is 3.06. The zero-order valence-corrected chi connectivity index (χ0v) is 13.3. The Morgan fingerprint density at radius 1 is 1.14 bits per heavy atom. The lowest BCUT2D eigenvalue weighted by Gasteiger charge is -2.18. The fourth-order valence-corrected chi connectivity index (χ4v) is 3.60. The number of hydrogen-bond donors (Lipinski definition) is 1. The molecule has 0 saturated carbocycles. The van der Waals surface area contributed by atoms with Gasteiger partial charge in [0.25, 0.3) is 0 Å². The Bertz CT molecular complexity index is 699. The van der Waals surface area contributed by atoms with Crippen molar-refractivity contribution in [2.45, 2.75) is 16.2 Å². The fraction of sp³-hybridized carbons (Fsp3) is 0.222. The van der Waals surface area contributed by atoms with E-state index in [9.17, 15) is 4.39 Å². The van der Waals surface area contributed by atoms with E-state index in [1.165, 1.54) is 11.6 Å². The molecule has 0 atom stereocenters. The summed E-state index contributed by atoms with van der Waals surface area (Å²) in [5.41, 5.74) is 2.19. The van der Waals surface area contributed by atoms with E-state index in [1.807, 2.05) is 30.3 Å². The highest BCUT2D eigenvalue weighted by atomic mass is 32.2. The van der Waals surface area contributed by atoms with E-state index < -0.39 is 0 Å². The number of benzene rings is 2. The molecular weight excluding hydrogens is 297 g/mol. The Morgan fingerprint density at radius 3 is 2.77 bits per heavy atom. The van der Waals surface area contributed by atoms with Crippen molar-refractivity contribution in [1.29, 1.82) is 0 Å². The Morgan fingerprint density at radius 2 is 2.00 bits per heavy atom. The van der Waals surface area contributed by atoms with E-state index in [1.54, 1.807) is 24.9 Å². The number of ether oxygens (including phenoxy) is 1. The molecule has 1 heterocycles. The molecule has 0 spiro atoms. The van der Waals surface area contributed by atoms with Crippen molar-refractivity contribution in [3.05, 3.63) is 59.9 Å². The van der Waals surface area contributed by atoms with Gasteiger partial charge < -0.3 is 10.1 Å². The topological polar surface area (TPSA) is 21.3 Å². The standard InChI is InChI=1S/C18H18FNOS/c1-21-16-4-2-3-5-18(16)22-17-7-6-14(19)12-15(17)13-8-10-20-11-9-13/h2-8,12,20H,9-11H2,1H3. The van der Waals surface area contributed by atoms with Crippen LogP contribution in [-0.4, -0.2) is 20.2 Å². The third-order valence-electron chi connectivity index (χ3n) is 3.64. The van der Waals surface area contributed by atoms with Crippen molar-refractivity contribution < 1.29 is 9.13 Å². The number of methoxy groups -OCH3 is 1. The monoisotopic (exact) mass is 315 g/mol. The van der Waals surface area contributed by atoms with Crippen LogP contribution in [0.25, 0.3) is 5.57 Å². The predicted octanol–water partition coefficient (Wildman–Crippen LogP) is 4.36. The summed E-state index contributed by atoms with van der Waals surface area (Å²) in [6.45, 7) is 1.77. The number of hydrogen-bond acceptors (Lipinski definition) is 3. The summed E-state index contributed by atoms with van der Waals surface area (Å²) in [4.78, 5) is 2.09. The van der Waals surface area contributed by atoms with E-state index in [0.717, 1.165) is 40.6 Å². The van der Waals surface area contributed by atoms with Crippen molar-refractivity contribution in [2.75, 3.05) is 20.2 Å². The lowest BCUT2D eigenvalue weighted by atomic mass is 10.0. The van der Waals surface area contributed by atoms with Crippen molar-refractivity contribution in [2.24, 2.45) is 0 Å². The van der Waals surface area contributed by atoms with Gasteiger partial charge in [-0.2, -0.15) is 0 Å². The minimum Gasteiger partial charge on any atom is -0.496 e. The fourth-order valence-electron chi connectivity index (χ4n) is 2.53. The van der Waals surface area contributed by atoms with Gasteiger partial charge in [0.05, 0.1) is 12.0 Å². The second-order valence-corrected chi connectivity index (χ2v) is 6.16. The van der Waals surface area contributed by atoms with Gasteiger partial charge in [0.1, 0.15) is 11.6 Å². The quantitative estimate of drug-likeness (QED) is 0.905. The molecule has 2 aromatic carbocycles. The van der Waals surface area contributed by atoms with E-state index in [-0.39, 0.29) is 5.82 Å². The van der Waals surface area contributed by atoms with Crippen molar-refractivity contribution in [3.63, 3.8) is 0 Å². The summed E-state index contributed by atoms with van der Waals surface area (Å²) in [7, 11) is 1.67. The van der Waals surface area contributed by atoms with Crippen molar-refractivity contribution in [1.82, 2.24) is 5.32 Å². The number of para-hydroxylation sites is 1. The predicted molar refractivity (Wildman–Crippen MR) is 89.0 cm³/mol. The molecule has 1 N–H and O–H groups in total. The van der Waals surface area contributed by atoms with E-state index in [2.05, 4.69) is 11.4 Å². The normalized spacial score (nSPS) is 14.5. The van der Waals surface area contributed by atoms with Crippen molar-refractivity contribution in [3.8, 4) is 5.75 Å². The molecule has 0 radical (unpaired) electrons. The van der Waals surface area contributed by atoms with Crippen molar-refractivity contribution >= 4 is 17.3 Å². The van der Waals surface area contributed by atoms with Crippen LogP contribution in [0.15, 0.2) is 58.3 Å². The molecule has 22 heavy (non-hydrogen) atoms. The van der Waals surface area contributed by atoms with Crippen LogP contribution in [0.4, 0.5) is 4.39 Å². The van der Waals surface area contributed by atoms with Gasteiger partial charge in [0.15, 0.2) is 0 Å². The highest BCUT2D eigenvalue weighted by Crippen LogP contribution is 2.39. The minimum atomic E-state index is -0.196. The third kappa shape index (κ3) is 3.34. The third-order valence-corrected chi connectivity index (χ3v) is 4.77. The molecule has 0 bridgehead atoms. The number of halogens is 1. The molecule has 0 saturated heterocycles. The second-order valence-electron chi connectivity index (χ2n) is 5.08. The molecule has 2 aromatic rings. The first-order valence-electron chi connectivity index (χ1n) is 7.28. The molecule has 114 valence electrons. The van der Waals surface area contributed by atoms with Crippen LogP contribution in [-0.2, 0) is 0 Å². The van der Waals surface area contributed by atoms with Gasteiger partial charge in [-0.3, -0.25) is 0 Å². The van der Waals surface area contributed by atoms with Gasteiger partial charge in [-0.05, 0) is 54.4 Å². The zero-order valence-electron chi connectivity index (χ0n) is 12.4. The molecule has 1 aliphatic heterocycles. The Kier molecular flexibility index (Phi) is 4.80. The lowest BCUT2D eigenvalue weighted by Crippen LogP contribution is -2.20. The van der Waals surface area contributed by atoms with Crippen LogP contribution in [0.5, 0.6) is 5.75 Å². The molecule has 0 fully saturated rings.